The Bertz CT molecular complexity index is 381. The highest BCUT2D eigenvalue weighted by Crippen LogP contribution is 2.21. The summed E-state index contributed by atoms with van der Waals surface area (Å²) in [7, 11) is 0. The summed E-state index contributed by atoms with van der Waals surface area (Å²) in [5.41, 5.74) is -1.02. The lowest BCUT2D eigenvalue weighted by atomic mass is 10.1. The lowest BCUT2D eigenvalue weighted by Gasteiger charge is -2.41. The highest BCUT2D eigenvalue weighted by atomic mass is 16.6. The zero-order valence-corrected chi connectivity index (χ0v) is 13.9. The Hall–Kier alpha value is -1.30. The van der Waals surface area contributed by atoms with Gasteiger partial charge in [0.05, 0.1) is 12.6 Å². The summed E-state index contributed by atoms with van der Waals surface area (Å²) in [6.45, 7) is 11.8. The first-order chi connectivity index (χ1) is 9.48. The van der Waals surface area contributed by atoms with Crippen molar-refractivity contribution in [3.05, 3.63) is 0 Å². The molecular weight excluding hydrogens is 274 g/mol. The van der Waals surface area contributed by atoms with E-state index >= 15 is 0 Å². The van der Waals surface area contributed by atoms with E-state index in [1.165, 1.54) is 0 Å². The molecule has 1 heterocycles. The van der Waals surface area contributed by atoms with Crippen molar-refractivity contribution in [1.29, 1.82) is 0 Å². The van der Waals surface area contributed by atoms with Crippen LogP contribution in [0.15, 0.2) is 0 Å². The van der Waals surface area contributed by atoms with Crippen molar-refractivity contribution in [2.75, 3.05) is 19.8 Å². The summed E-state index contributed by atoms with van der Waals surface area (Å²) in [6.07, 6.45) is 0.521. The first-order valence-corrected chi connectivity index (χ1v) is 7.27. The summed E-state index contributed by atoms with van der Waals surface area (Å²) >= 11 is 0. The number of rotatable bonds is 4. The fourth-order valence-corrected chi connectivity index (χ4v) is 1.82. The molecule has 6 heteroatoms. The third-order valence-corrected chi connectivity index (χ3v) is 2.72. The molecule has 1 aliphatic heterocycles. The quantitative estimate of drug-likeness (QED) is 0.746. The zero-order chi connectivity index (χ0) is 16.3. The van der Waals surface area contributed by atoms with Gasteiger partial charge in [-0.05, 0) is 48.0 Å². The van der Waals surface area contributed by atoms with E-state index < -0.39 is 17.2 Å². The molecule has 0 spiro atoms. The molecule has 0 aromatic carbocycles. The number of nitrogens with zero attached hydrogens (tertiary/aromatic N) is 1. The number of esters is 1. The van der Waals surface area contributed by atoms with Crippen LogP contribution >= 0.6 is 0 Å². The van der Waals surface area contributed by atoms with E-state index in [4.69, 9.17) is 14.2 Å². The summed E-state index contributed by atoms with van der Waals surface area (Å²) in [4.78, 5) is 25.0. The molecule has 1 aliphatic rings. The molecule has 122 valence electrons. The average Bonchev–Trinajstić information content (AvgIpc) is 2.16. The molecule has 0 aromatic heterocycles. The van der Waals surface area contributed by atoms with Gasteiger partial charge in [0.2, 0.25) is 0 Å². The van der Waals surface area contributed by atoms with Gasteiger partial charge in [-0.15, -0.1) is 0 Å². The fourth-order valence-electron chi connectivity index (χ4n) is 1.82. The van der Waals surface area contributed by atoms with Crippen LogP contribution in [-0.4, -0.2) is 54.0 Å². The van der Waals surface area contributed by atoms with E-state index in [2.05, 4.69) is 0 Å². The van der Waals surface area contributed by atoms with Crippen LogP contribution in [0.1, 0.15) is 48.0 Å². The Labute approximate surface area is 126 Å². The number of carbonyl (C=O) groups excluding carboxylic acids is 2. The van der Waals surface area contributed by atoms with E-state index in [0.717, 1.165) is 6.42 Å². The first-order valence-electron chi connectivity index (χ1n) is 7.27. The van der Waals surface area contributed by atoms with Crippen molar-refractivity contribution >= 4 is 12.1 Å². The molecule has 1 rings (SSSR count). The number of carbonyl (C=O) groups is 2. The van der Waals surface area contributed by atoms with Gasteiger partial charge in [-0.1, -0.05) is 0 Å². The van der Waals surface area contributed by atoms with Crippen molar-refractivity contribution in [2.45, 2.75) is 65.2 Å². The van der Waals surface area contributed by atoms with Crippen molar-refractivity contribution < 1.29 is 23.8 Å². The zero-order valence-electron chi connectivity index (χ0n) is 13.9. The minimum atomic E-state index is -0.514. The lowest BCUT2D eigenvalue weighted by Crippen LogP contribution is -2.54. The largest absolute Gasteiger partial charge is 0.458 e. The topological polar surface area (TPSA) is 65.1 Å². The van der Waals surface area contributed by atoms with Crippen molar-refractivity contribution in [1.82, 2.24) is 4.90 Å². The van der Waals surface area contributed by atoms with Crippen LogP contribution in [0.25, 0.3) is 0 Å². The maximum atomic E-state index is 11.9. The monoisotopic (exact) mass is 301 g/mol. The second kappa shape index (κ2) is 6.64. The summed E-state index contributed by atoms with van der Waals surface area (Å²) in [6, 6.07) is -0.0257. The van der Waals surface area contributed by atoms with E-state index in [0.29, 0.717) is 13.2 Å². The second-order valence-corrected chi connectivity index (χ2v) is 7.22. The average molecular weight is 301 g/mol. The van der Waals surface area contributed by atoms with Crippen LogP contribution in [0.2, 0.25) is 0 Å². The molecule has 0 aromatic rings. The van der Waals surface area contributed by atoms with Crippen molar-refractivity contribution in [2.24, 2.45) is 0 Å². The first kappa shape index (κ1) is 17.8. The Kier molecular flexibility index (Phi) is 5.61. The molecule has 1 unspecified atom stereocenters. The third kappa shape index (κ3) is 6.80. The normalized spacial score (nSPS) is 19.0. The molecule has 1 saturated heterocycles. The van der Waals surface area contributed by atoms with Gasteiger partial charge in [-0.3, -0.25) is 0 Å². The molecule has 0 bridgehead atoms. The third-order valence-electron chi connectivity index (χ3n) is 2.72. The summed E-state index contributed by atoms with van der Waals surface area (Å²) in [5, 5.41) is 0. The van der Waals surface area contributed by atoms with Crippen LogP contribution in [0.3, 0.4) is 0 Å². The Morgan fingerprint density at radius 3 is 2.05 bits per heavy atom. The second-order valence-electron chi connectivity index (χ2n) is 7.22. The maximum absolute atomic E-state index is 11.9. The molecule has 1 amide bonds. The summed E-state index contributed by atoms with van der Waals surface area (Å²) in [5.74, 6) is -0.398. The maximum Gasteiger partial charge on any atom is 0.410 e. The van der Waals surface area contributed by atoms with Crippen LogP contribution < -0.4 is 0 Å². The number of ether oxygens (including phenoxy) is 3. The fraction of sp³-hybridized carbons (Fsp3) is 0.867. The number of hydrogen-bond donors (Lipinski definition) is 0. The highest BCUT2D eigenvalue weighted by molar-refractivity contribution is 5.71. The minimum absolute atomic E-state index is 0.0257. The molecule has 0 N–H and O–H groups in total. The predicted molar refractivity (Wildman–Crippen MR) is 78.0 cm³/mol. The summed E-state index contributed by atoms with van der Waals surface area (Å²) < 4.78 is 15.8. The van der Waals surface area contributed by atoms with Gasteiger partial charge in [0.1, 0.15) is 17.8 Å². The van der Waals surface area contributed by atoms with Crippen molar-refractivity contribution in [3.63, 3.8) is 0 Å². The minimum Gasteiger partial charge on any atom is -0.458 e. The van der Waals surface area contributed by atoms with E-state index in [9.17, 15) is 9.59 Å². The van der Waals surface area contributed by atoms with Gasteiger partial charge in [-0.2, -0.15) is 0 Å². The van der Waals surface area contributed by atoms with Gasteiger partial charge >= 0.3 is 12.1 Å². The van der Waals surface area contributed by atoms with Crippen LogP contribution in [0, 0.1) is 0 Å². The predicted octanol–water partition coefficient (Wildman–Crippen LogP) is 2.35. The van der Waals surface area contributed by atoms with Gasteiger partial charge in [0.15, 0.2) is 0 Å². The molecule has 1 atom stereocenters. The van der Waals surface area contributed by atoms with Crippen LogP contribution in [0.4, 0.5) is 4.79 Å². The van der Waals surface area contributed by atoms with Gasteiger partial charge in [0, 0.05) is 6.54 Å². The molecule has 0 saturated carbocycles. The number of hydrogen-bond acceptors (Lipinski definition) is 5. The van der Waals surface area contributed by atoms with Gasteiger partial charge in [0.25, 0.3) is 0 Å². The molecule has 6 nitrogen and oxygen atoms in total. The number of amides is 1. The Morgan fingerprint density at radius 2 is 1.62 bits per heavy atom. The smallest absolute Gasteiger partial charge is 0.410 e. The Morgan fingerprint density at radius 1 is 1.05 bits per heavy atom. The standard InChI is InChI=1S/C15H27NO5/c1-14(2,3)20-12(17)10-19-9-11-7-8-16(11)13(18)21-15(4,5)6/h11H,7-10H2,1-6H3. The molecule has 0 radical (unpaired) electrons. The van der Waals surface area contributed by atoms with Crippen LogP contribution in [-0.2, 0) is 19.0 Å². The van der Waals surface area contributed by atoms with Crippen molar-refractivity contribution in [3.8, 4) is 0 Å². The van der Waals surface area contributed by atoms with E-state index in [1.54, 1.807) is 25.7 Å². The van der Waals surface area contributed by atoms with E-state index in [-0.39, 0.29) is 18.7 Å². The molecule has 1 fully saturated rings. The number of likely N-dealkylation sites (tertiary alicyclic amines) is 1. The van der Waals surface area contributed by atoms with Gasteiger partial charge in [-0.25, -0.2) is 9.59 Å². The van der Waals surface area contributed by atoms with Gasteiger partial charge < -0.3 is 19.1 Å². The SMILES string of the molecule is CC(C)(C)OC(=O)COCC1CCN1C(=O)OC(C)(C)C. The molecule has 21 heavy (non-hydrogen) atoms. The van der Waals surface area contributed by atoms with Crippen LogP contribution in [0.5, 0.6) is 0 Å². The Balaban J connectivity index is 2.27. The molecular formula is C15H27NO5. The highest BCUT2D eigenvalue weighted by Gasteiger charge is 2.35. The lowest BCUT2D eigenvalue weighted by molar-refractivity contribution is -0.161. The van der Waals surface area contributed by atoms with E-state index in [1.807, 2.05) is 20.8 Å². The molecule has 0 aliphatic carbocycles.